The van der Waals surface area contributed by atoms with Crippen LogP contribution in [0, 0.1) is 50.4 Å². The van der Waals surface area contributed by atoms with Gasteiger partial charge in [-0.15, -0.1) is 22.7 Å². The Morgan fingerprint density at radius 2 is 0.767 bits per heavy atom. The number of hydrogen-bond donors (Lipinski definition) is 0. The van der Waals surface area contributed by atoms with Crippen LogP contribution in [0.4, 0.5) is 0 Å². The lowest BCUT2D eigenvalue weighted by Gasteiger charge is -2.24. The van der Waals surface area contributed by atoms with Crippen molar-refractivity contribution in [1.29, 1.82) is 10.5 Å². The molecule has 4 heterocycles. The predicted octanol–water partition coefficient (Wildman–Crippen LogP) is 14.1. The molecule has 0 aliphatic heterocycles. The summed E-state index contributed by atoms with van der Waals surface area (Å²) in [7, 11) is 0. The summed E-state index contributed by atoms with van der Waals surface area (Å²) in [6, 6.07) is 73.6. The Morgan fingerprint density at radius 1 is 0.442 bits per heavy atom. The maximum atomic E-state index is 12.5. The number of aryl methyl sites for hydroxylation is 4. The van der Waals surface area contributed by atoms with Crippen LogP contribution in [0.15, 0.2) is 194 Å². The minimum Gasteiger partial charge on any atom is -0.494 e. The first-order valence-electron chi connectivity index (χ1n) is 30.0. The Hall–Kier alpha value is -9.19. The zero-order valence-electron chi connectivity index (χ0n) is 49.6. The van der Waals surface area contributed by atoms with E-state index in [2.05, 4.69) is 257 Å². The number of nitrogens with zero attached hydrogens (tertiary/aromatic N) is 6. The maximum Gasteiger partial charge on any atom is 0.328 e. The van der Waals surface area contributed by atoms with Gasteiger partial charge in [0.15, 0.2) is 0 Å². The SMILES string of the molecule is CCCCCOc1ccc(-c2c3/c(=C(\C#N)c4nc5cc(C)c(C)cc5s4)n(B(c4ccccc4)c4ccccc4)c(-c4ccc(OCCCCC)cc4)c3/c(=C(\C#N)c3nc4cc(C)c(C)cc4s3)n2B(c2ccccc2)c2ccccc2)cc1. The molecule has 12 rings (SSSR count). The number of rotatable bonds is 20. The summed E-state index contributed by atoms with van der Waals surface area (Å²) in [5, 5.41) is 29.1. The van der Waals surface area contributed by atoms with Crippen LogP contribution >= 0.6 is 22.7 Å². The molecule has 8 aromatic carbocycles. The van der Waals surface area contributed by atoms with Gasteiger partial charge < -0.3 is 18.4 Å². The van der Waals surface area contributed by atoms with Crippen LogP contribution in [0.3, 0.4) is 0 Å². The molecule has 12 aromatic rings. The highest BCUT2D eigenvalue weighted by Crippen LogP contribution is 2.39. The molecule has 0 spiro atoms. The molecule has 0 saturated carbocycles. The van der Waals surface area contributed by atoms with E-state index in [4.69, 9.17) is 19.4 Å². The van der Waals surface area contributed by atoms with Crippen LogP contribution in [0.25, 0.3) is 64.9 Å². The molecule has 0 saturated heterocycles. The van der Waals surface area contributed by atoms with Gasteiger partial charge in [0.1, 0.15) is 44.8 Å². The van der Waals surface area contributed by atoms with Crippen molar-refractivity contribution in [1.82, 2.24) is 18.9 Å². The van der Waals surface area contributed by atoms with Crippen molar-refractivity contribution in [2.24, 2.45) is 0 Å². The van der Waals surface area contributed by atoms with Crippen molar-refractivity contribution in [3.05, 3.63) is 237 Å². The van der Waals surface area contributed by atoms with Gasteiger partial charge >= 0.3 is 13.7 Å². The average molecular weight is 1160 g/mol. The Bertz CT molecular complexity index is 4170. The molecular formula is C74H66B2N6O2S2. The van der Waals surface area contributed by atoms with E-state index < -0.39 is 13.7 Å². The molecule has 0 aliphatic rings. The lowest BCUT2D eigenvalue weighted by atomic mass is 9.50. The number of aromatic nitrogens is 4. The summed E-state index contributed by atoms with van der Waals surface area (Å²) >= 11 is 3.07. The maximum absolute atomic E-state index is 12.5. The highest BCUT2D eigenvalue weighted by molar-refractivity contribution is 7.20. The number of hydrogen-bond acceptors (Lipinski definition) is 8. The Balaban J connectivity index is 1.38. The van der Waals surface area contributed by atoms with Crippen LogP contribution in [0.5, 0.6) is 11.5 Å². The van der Waals surface area contributed by atoms with E-state index in [1.54, 1.807) is 0 Å². The van der Waals surface area contributed by atoms with E-state index in [-0.39, 0.29) is 0 Å². The summed E-state index contributed by atoms with van der Waals surface area (Å²) in [4.78, 5) is 10.9. The molecule has 0 atom stereocenters. The number of benzene rings is 8. The van der Waals surface area contributed by atoms with E-state index in [9.17, 15) is 10.5 Å². The summed E-state index contributed by atoms with van der Waals surface area (Å²) in [6.45, 7) is 13.0. The van der Waals surface area contributed by atoms with Crippen molar-refractivity contribution in [2.75, 3.05) is 13.2 Å². The summed E-state index contributed by atoms with van der Waals surface area (Å²) in [5.74, 6) is 1.53. The Kier molecular flexibility index (Phi) is 17.0. The van der Waals surface area contributed by atoms with Crippen LogP contribution in [-0.4, -0.2) is 45.8 Å². The third-order valence-corrected chi connectivity index (χ3v) is 18.6. The predicted molar refractivity (Wildman–Crippen MR) is 361 cm³/mol. The normalized spacial score (nSPS) is 12.1. The first-order valence-corrected chi connectivity index (χ1v) is 31.6. The Morgan fingerprint density at radius 3 is 1.08 bits per heavy atom. The fraction of sp³-hybridized carbons (Fsp3) is 0.189. The zero-order valence-corrected chi connectivity index (χ0v) is 51.2. The number of fused-ring (bicyclic) bond motifs is 3. The third kappa shape index (κ3) is 11.2. The third-order valence-electron chi connectivity index (χ3n) is 16.6. The van der Waals surface area contributed by atoms with E-state index in [0.29, 0.717) is 45.1 Å². The first-order chi connectivity index (χ1) is 42.2. The van der Waals surface area contributed by atoms with Gasteiger partial charge in [-0.3, -0.25) is 0 Å². The van der Waals surface area contributed by atoms with E-state index >= 15 is 0 Å². The molecule has 0 bridgehead atoms. The summed E-state index contributed by atoms with van der Waals surface area (Å²) in [6.07, 6.45) is 6.24. The minimum absolute atomic E-state index is 0.409. The summed E-state index contributed by atoms with van der Waals surface area (Å²) < 4.78 is 19.7. The fourth-order valence-corrected chi connectivity index (χ4v) is 14.1. The Labute approximate surface area is 512 Å². The van der Waals surface area contributed by atoms with Gasteiger partial charge in [0.25, 0.3) is 0 Å². The highest BCUT2D eigenvalue weighted by Gasteiger charge is 2.38. The zero-order chi connectivity index (χ0) is 59.3. The molecule has 12 heteroatoms. The molecule has 0 unspecified atom stereocenters. The first kappa shape index (κ1) is 57.3. The molecule has 4 aromatic heterocycles. The lowest BCUT2D eigenvalue weighted by molar-refractivity contribution is 0.306. The molecule has 0 N–H and O–H groups in total. The van der Waals surface area contributed by atoms with Crippen molar-refractivity contribution >= 4 is 101 Å². The smallest absolute Gasteiger partial charge is 0.328 e. The second-order valence-corrected chi connectivity index (χ2v) is 24.4. The molecule has 0 radical (unpaired) electrons. The molecule has 422 valence electrons. The van der Waals surface area contributed by atoms with Gasteiger partial charge in [0, 0.05) is 22.2 Å². The lowest BCUT2D eigenvalue weighted by Crippen LogP contribution is -2.54. The summed E-state index contributed by atoms with van der Waals surface area (Å²) in [5.41, 5.74) is 14.5. The standard InChI is InChI=1S/C74H66B2N6O2S2/c1-7-9-23-41-83-59-37-33-53(34-38-59)69-67-68(72(62(48-78)74-80-64-44-50(4)52(6)46-66(64)86-74)81(69)75(55-25-15-11-16-26-55)56-27-17-12-18-28-56)70(54-35-39-60(40-36-54)84-42-24-10-8-2)82(76(57-29-19-13-20-30-57)58-31-21-14-22-32-58)71(67)61(47-77)73-79-63-43-49(3)51(5)45-65(63)85-73/h11-22,25-40,43-46H,7-10,23-24,41-42H2,1-6H3/b71-61-,72-62-. The van der Waals surface area contributed by atoms with Crippen LogP contribution < -0.4 is 42.0 Å². The van der Waals surface area contributed by atoms with Gasteiger partial charge in [0.2, 0.25) is 0 Å². The number of nitriles is 2. The molecule has 86 heavy (non-hydrogen) atoms. The number of thiazole rings is 2. The molecule has 0 aliphatic carbocycles. The van der Waals surface area contributed by atoms with E-state index in [1.807, 2.05) is 0 Å². The monoisotopic (exact) mass is 1160 g/mol. The second-order valence-electron chi connectivity index (χ2n) is 22.3. The fourth-order valence-electron chi connectivity index (χ4n) is 12.0. The topological polar surface area (TPSA) is 102 Å². The van der Waals surface area contributed by atoms with Gasteiger partial charge in [-0.25, -0.2) is 9.97 Å². The van der Waals surface area contributed by atoms with Crippen LogP contribution in [0.1, 0.15) is 84.6 Å². The van der Waals surface area contributed by atoms with Crippen LogP contribution in [-0.2, 0) is 0 Å². The van der Waals surface area contributed by atoms with Gasteiger partial charge in [0.05, 0.1) is 44.3 Å². The molecule has 8 nitrogen and oxygen atoms in total. The highest BCUT2D eigenvalue weighted by atomic mass is 32.1. The number of ether oxygens (including phenoxy) is 2. The van der Waals surface area contributed by atoms with E-state index in [1.165, 1.54) is 22.7 Å². The van der Waals surface area contributed by atoms with Crippen LogP contribution in [0.2, 0.25) is 0 Å². The van der Waals surface area contributed by atoms with Gasteiger partial charge in [-0.1, -0.05) is 183 Å². The second kappa shape index (κ2) is 25.6. The van der Waals surface area contributed by atoms with Crippen molar-refractivity contribution < 1.29 is 9.47 Å². The van der Waals surface area contributed by atoms with Crippen molar-refractivity contribution in [3.63, 3.8) is 0 Å². The van der Waals surface area contributed by atoms with Crippen molar-refractivity contribution in [3.8, 4) is 46.2 Å². The van der Waals surface area contributed by atoms with Gasteiger partial charge in [-0.2, -0.15) is 10.5 Å². The van der Waals surface area contributed by atoms with Gasteiger partial charge in [-0.05, 0) is 147 Å². The molecule has 0 amide bonds. The molecule has 0 fully saturated rings. The van der Waals surface area contributed by atoms with E-state index in [0.717, 1.165) is 148 Å². The number of unbranched alkanes of at least 4 members (excludes halogenated alkanes) is 4. The average Bonchev–Trinajstić information content (AvgIpc) is 1.57. The quantitative estimate of drug-likeness (QED) is 0.0556. The van der Waals surface area contributed by atoms with Crippen molar-refractivity contribution in [2.45, 2.75) is 80.1 Å². The minimum atomic E-state index is -0.520. The molecular weight excluding hydrogens is 1090 g/mol. The largest absolute Gasteiger partial charge is 0.494 e.